The molecule has 32 heavy (non-hydrogen) atoms. The Morgan fingerprint density at radius 3 is 1.47 bits per heavy atom. The topological polar surface area (TPSA) is 50.1 Å². The van der Waals surface area contributed by atoms with Crippen LogP contribution >= 0.6 is 0 Å². The number of rotatable bonds is 7. The monoisotopic (exact) mass is 442 g/mol. The Morgan fingerprint density at radius 1 is 0.469 bits per heavy atom. The van der Waals surface area contributed by atoms with Crippen molar-refractivity contribution in [2.45, 2.75) is 145 Å². The Kier molecular flexibility index (Phi) is 4.65. The van der Waals surface area contributed by atoms with E-state index in [1.54, 1.807) is 0 Å². The standard InChI is InChI=1S/C28H42O4/c1-5-20-24(29-20)11-16(1)9-10-28(18-3-7-22-26(13-18)31-22,19-4-8-23-27(14-19)32-23)15-17-2-6-21-25(12-17)30-21/h16-27H,1-15H2. The summed E-state index contributed by atoms with van der Waals surface area (Å²) >= 11 is 0. The van der Waals surface area contributed by atoms with Crippen LogP contribution < -0.4 is 0 Å². The van der Waals surface area contributed by atoms with Crippen molar-refractivity contribution in [3.05, 3.63) is 0 Å². The highest BCUT2D eigenvalue weighted by molar-refractivity contribution is 5.06. The van der Waals surface area contributed by atoms with E-state index >= 15 is 0 Å². The molecule has 4 heteroatoms. The van der Waals surface area contributed by atoms with Crippen LogP contribution in [0, 0.1) is 29.1 Å². The fraction of sp³-hybridized carbons (Fsp3) is 1.00. The number of hydrogen-bond acceptors (Lipinski definition) is 4. The molecule has 4 nitrogen and oxygen atoms in total. The molecule has 178 valence electrons. The average Bonchev–Trinajstić information content (AvgIpc) is 3.66. The van der Waals surface area contributed by atoms with Crippen LogP contribution in [0.25, 0.3) is 0 Å². The van der Waals surface area contributed by atoms with Gasteiger partial charge in [-0.1, -0.05) is 0 Å². The Bertz CT molecular complexity index is 711. The molecule has 12 unspecified atom stereocenters. The smallest absolute Gasteiger partial charge is 0.0844 e. The van der Waals surface area contributed by atoms with Crippen LogP contribution in [-0.2, 0) is 18.9 Å². The minimum Gasteiger partial charge on any atom is -0.370 e. The lowest BCUT2D eigenvalue weighted by Crippen LogP contribution is -2.44. The van der Waals surface area contributed by atoms with Crippen molar-refractivity contribution in [3.8, 4) is 0 Å². The summed E-state index contributed by atoms with van der Waals surface area (Å²) < 4.78 is 24.1. The fourth-order valence-corrected chi connectivity index (χ4v) is 9.46. The molecule has 4 heterocycles. The predicted octanol–water partition coefficient (Wildman–Crippen LogP) is 5.41. The zero-order valence-electron chi connectivity index (χ0n) is 19.7. The quantitative estimate of drug-likeness (QED) is 0.495. The van der Waals surface area contributed by atoms with Crippen LogP contribution in [0.1, 0.15) is 96.3 Å². The van der Waals surface area contributed by atoms with Gasteiger partial charge in [-0.25, -0.2) is 0 Å². The van der Waals surface area contributed by atoms with E-state index in [4.69, 9.17) is 18.9 Å². The minimum absolute atomic E-state index is 0.515. The highest BCUT2D eigenvalue weighted by Crippen LogP contribution is 2.61. The summed E-state index contributed by atoms with van der Waals surface area (Å²) in [5, 5.41) is 0. The second-order valence-corrected chi connectivity index (χ2v) is 13.2. The molecule has 0 aromatic heterocycles. The first kappa shape index (κ1) is 20.1. The van der Waals surface area contributed by atoms with Crippen LogP contribution in [0.3, 0.4) is 0 Å². The highest BCUT2D eigenvalue weighted by atomic mass is 16.6. The minimum atomic E-state index is 0.515. The van der Waals surface area contributed by atoms with Crippen LogP contribution in [0.5, 0.6) is 0 Å². The van der Waals surface area contributed by atoms with Crippen molar-refractivity contribution in [3.63, 3.8) is 0 Å². The Morgan fingerprint density at radius 2 is 0.938 bits per heavy atom. The third kappa shape index (κ3) is 3.62. The molecular formula is C28H42O4. The van der Waals surface area contributed by atoms with Crippen molar-refractivity contribution in [2.75, 3.05) is 0 Å². The summed E-state index contributed by atoms with van der Waals surface area (Å²) in [6, 6.07) is 0. The van der Waals surface area contributed by atoms with Gasteiger partial charge in [0.25, 0.3) is 0 Å². The molecule has 8 aliphatic rings. The number of fused-ring (bicyclic) bond motifs is 4. The molecule has 4 saturated heterocycles. The van der Waals surface area contributed by atoms with Crippen molar-refractivity contribution in [2.24, 2.45) is 29.1 Å². The molecule has 0 aromatic carbocycles. The first-order valence-electron chi connectivity index (χ1n) is 14.4. The summed E-state index contributed by atoms with van der Waals surface area (Å²) in [5.41, 5.74) is 0.515. The van der Waals surface area contributed by atoms with Gasteiger partial charge in [-0.2, -0.15) is 0 Å². The van der Waals surface area contributed by atoms with Gasteiger partial charge in [0.1, 0.15) is 0 Å². The lowest BCUT2D eigenvalue weighted by Gasteiger charge is -2.51. The van der Waals surface area contributed by atoms with Gasteiger partial charge in [0, 0.05) is 0 Å². The molecule has 0 N–H and O–H groups in total. The van der Waals surface area contributed by atoms with Gasteiger partial charge in [0.05, 0.1) is 48.8 Å². The summed E-state index contributed by atoms with van der Waals surface area (Å²) in [6.07, 6.45) is 25.6. The van der Waals surface area contributed by atoms with Crippen molar-refractivity contribution in [1.82, 2.24) is 0 Å². The van der Waals surface area contributed by atoms with Crippen LogP contribution in [0.2, 0.25) is 0 Å². The van der Waals surface area contributed by atoms with Gasteiger partial charge in [-0.05, 0) is 125 Å². The predicted molar refractivity (Wildman–Crippen MR) is 120 cm³/mol. The van der Waals surface area contributed by atoms with E-state index in [1.807, 2.05) is 0 Å². The molecule has 0 spiro atoms. The maximum Gasteiger partial charge on any atom is 0.0844 e. The van der Waals surface area contributed by atoms with Gasteiger partial charge >= 0.3 is 0 Å². The lowest BCUT2D eigenvalue weighted by molar-refractivity contribution is -0.0138. The van der Waals surface area contributed by atoms with E-state index in [0.717, 1.165) is 23.7 Å². The zero-order valence-corrected chi connectivity index (χ0v) is 19.7. The Labute approximate surface area is 193 Å². The number of ether oxygens (including phenoxy) is 4. The largest absolute Gasteiger partial charge is 0.370 e. The van der Waals surface area contributed by atoms with E-state index in [0.29, 0.717) is 54.2 Å². The zero-order chi connectivity index (χ0) is 20.9. The molecule has 0 aromatic rings. The van der Waals surface area contributed by atoms with E-state index in [9.17, 15) is 0 Å². The van der Waals surface area contributed by atoms with Crippen LogP contribution in [0.15, 0.2) is 0 Å². The van der Waals surface area contributed by atoms with Crippen molar-refractivity contribution >= 4 is 0 Å². The molecule has 4 saturated carbocycles. The summed E-state index contributed by atoms with van der Waals surface area (Å²) in [6.45, 7) is 0. The van der Waals surface area contributed by atoms with E-state index in [-0.39, 0.29) is 0 Å². The second kappa shape index (κ2) is 7.42. The molecule has 12 atom stereocenters. The summed E-state index contributed by atoms with van der Waals surface area (Å²) in [4.78, 5) is 0. The molecule has 4 aliphatic heterocycles. The van der Waals surface area contributed by atoms with E-state index in [2.05, 4.69) is 0 Å². The lowest BCUT2D eigenvalue weighted by atomic mass is 9.53. The van der Waals surface area contributed by atoms with Gasteiger partial charge in [0.2, 0.25) is 0 Å². The molecule has 4 aliphatic carbocycles. The van der Waals surface area contributed by atoms with Crippen LogP contribution in [0.4, 0.5) is 0 Å². The normalized spacial score (nSPS) is 56.6. The first-order chi connectivity index (χ1) is 15.7. The van der Waals surface area contributed by atoms with Gasteiger partial charge in [-0.15, -0.1) is 0 Å². The molecule has 0 bridgehead atoms. The SMILES string of the molecule is C1CC2OC2CC1CCC(CC1CCC2OC2C1)(C1CCC2OC2C1)C1CCC2OC2C1. The Balaban J connectivity index is 1.07. The van der Waals surface area contributed by atoms with Gasteiger partial charge < -0.3 is 18.9 Å². The summed E-state index contributed by atoms with van der Waals surface area (Å²) in [5.74, 6) is 3.54. The second-order valence-electron chi connectivity index (χ2n) is 13.2. The Hall–Kier alpha value is -0.160. The molecule has 8 fully saturated rings. The fourth-order valence-electron chi connectivity index (χ4n) is 9.46. The van der Waals surface area contributed by atoms with Crippen molar-refractivity contribution in [1.29, 1.82) is 0 Å². The average molecular weight is 443 g/mol. The molecule has 0 amide bonds. The van der Waals surface area contributed by atoms with E-state index in [1.165, 1.54) is 96.3 Å². The third-order valence-electron chi connectivity index (χ3n) is 11.5. The molecule has 0 radical (unpaired) electrons. The maximum atomic E-state index is 6.09. The highest BCUT2D eigenvalue weighted by Gasteiger charge is 2.57. The third-order valence-corrected chi connectivity index (χ3v) is 11.5. The van der Waals surface area contributed by atoms with Gasteiger partial charge in [-0.3, -0.25) is 0 Å². The van der Waals surface area contributed by atoms with E-state index < -0.39 is 0 Å². The van der Waals surface area contributed by atoms with Crippen LogP contribution in [-0.4, -0.2) is 48.8 Å². The van der Waals surface area contributed by atoms with Gasteiger partial charge in [0.15, 0.2) is 0 Å². The molecule has 8 rings (SSSR count). The summed E-state index contributed by atoms with van der Waals surface area (Å²) in [7, 11) is 0. The molecular weight excluding hydrogens is 400 g/mol. The number of epoxide rings is 4. The maximum absolute atomic E-state index is 6.09. The number of hydrogen-bond donors (Lipinski definition) is 0. The van der Waals surface area contributed by atoms with Crippen molar-refractivity contribution < 1.29 is 18.9 Å². The first-order valence-corrected chi connectivity index (χ1v) is 14.4.